The van der Waals surface area contributed by atoms with Gasteiger partial charge in [-0.1, -0.05) is 27.7 Å². The van der Waals surface area contributed by atoms with Crippen LogP contribution < -0.4 is 0 Å². The zero-order chi connectivity index (χ0) is 11.3. The van der Waals surface area contributed by atoms with Gasteiger partial charge < -0.3 is 0 Å². The third-order valence-electron chi connectivity index (χ3n) is 2.20. The van der Waals surface area contributed by atoms with Crippen molar-refractivity contribution in [3.63, 3.8) is 0 Å². The highest BCUT2D eigenvalue weighted by Crippen LogP contribution is 2.22. The first-order chi connectivity index (χ1) is 7.29. The second-order valence-corrected chi connectivity index (χ2v) is 3.45. The largest absolute Gasteiger partial charge is 0.262 e. The van der Waals surface area contributed by atoms with Crippen LogP contribution in [0.4, 0.5) is 0 Å². The topological polar surface area (TPSA) is 25.8 Å². The number of hydrogen-bond acceptors (Lipinski definition) is 2. The highest BCUT2D eigenvalue weighted by atomic mass is 14.7. The van der Waals surface area contributed by atoms with Crippen LogP contribution >= 0.6 is 0 Å². The summed E-state index contributed by atoms with van der Waals surface area (Å²) >= 11 is 0. The van der Waals surface area contributed by atoms with Crippen LogP contribution in [0, 0.1) is 0 Å². The molecule has 0 atom stereocenters. The van der Waals surface area contributed by atoms with Crippen molar-refractivity contribution in [2.24, 2.45) is 0 Å². The van der Waals surface area contributed by atoms with Gasteiger partial charge in [0.05, 0.1) is 11.7 Å². The van der Waals surface area contributed by atoms with Crippen LogP contribution in [0.1, 0.15) is 39.2 Å². The van der Waals surface area contributed by atoms with Gasteiger partial charge in [-0.15, -0.1) is 0 Å². The van der Waals surface area contributed by atoms with E-state index in [1.807, 2.05) is 32.3 Å². The second kappa shape index (κ2) is 5.44. The number of rotatable bonds is 1. The molecule has 0 saturated heterocycles. The Morgan fingerprint density at radius 3 is 2.47 bits per heavy atom. The molecule has 80 valence electrons. The van der Waals surface area contributed by atoms with Gasteiger partial charge in [0.25, 0.3) is 0 Å². The van der Waals surface area contributed by atoms with Crippen LogP contribution in [0.3, 0.4) is 0 Å². The Kier molecular flexibility index (Phi) is 4.22. The van der Waals surface area contributed by atoms with Gasteiger partial charge in [0.15, 0.2) is 0 Å². The molecule has 0 spiro atoms. The predicted molar refractivity (Wildman–Crippen MR) is 65.0 cm³/mol. The molecule has 2 aromatic heterocycles. The lowest BCUT2D eigenvalue weighted by Crippen LogP contribution is -1.91. The summed E-state index contributed by atoms with van der Waals surface area (Å²) in [7, 11) is 0. The van der Waals surface area contributed by atoms with Gasteiger partial charge in [0.2, 0.25) is 0 Å². The van der Waals surface area contributed by atoms with Gasteiger partial charge in [0.1, 0.15) is 0 Å². The van der Waals surface area contributed by atoms with Crippen molar-refractivity contribution in [3.8, 4) is 0 Å². The number of aromatic nitrogens is 2. The Morgan fingerprint density at radius 1 is 1.07 bits per heavy atom. The van der Waals surface area contributed by atoms with E-state index in [-0.39, 0.29) is 0 Å². The second-order valence-electron chi connectivity index (χ2n) is 3.45. The molecule has 0 amide bonds. The molecule has 15 heavy (non-hydrogen) atoms. The summed E-state index contributed by atoms with van der Waals surface area (Å²) in [6.45, 7) is 8.38. The summed E-state index contributed by atoms with van der Waals surface area (Å²) in [5, 5.41) is 1.22. The van der Waals surface area contributed by atoms with Gasteiger partial charge in [-0.05, 0) is 23.6 Å². The average Bonchev–Trinajstić information content (AvgIpc) is 2.31. The Labute approximate surface area is 91.4 Å². The van der Waals surface area contributed by atoms with E-state index >= 15 is 0 Å². The monoisotopic (exact) mass is 202 g/mol. The predicted octanol–water partition coefficient (Wildman–Crippen LogP) is 3.78. The quantitative estimate of drug-likeness (QED) is 0.703. The average molecular weight is 202 g/mol. The van der Waals surface area contributed by atoms with Crippen LogP contribution in [-0.4, -0.2) is 9.97 Å². The van der Waals surface area contributed by atoms with E-state index in [1.165, 1.54) is 10.9 Å². The molecule has 0 unspecified atom stereocenters. The number of fused-ring (bicyclic) bond motifs is 1. The number of hydrogen-bond donors (Lipinski definition) is 0. The Morgan fingerprint density at radius 2 is 1.80 bits per heavy atom. The number of nitrogens with zero attached hydrogens (tertiary/aromatic N) is 2. The first-order valence-electron chi connectivity index (χ1n) is 5.47. The maximum atomic E-state index is 4.26. The molecule has 2 nitrogen and oxygen atoms in total. The lowest BCUT2D eigenvalue weighted by molar-refractivity contribution is 0.874. The van der Waals surface area contributed by atoms with Crippen molar-refractivity contribution >= 4 is 10.9 Å². The van der Waals surface area contributed by atoms with E-state index in [2.05, 4.69) is 29.9 Å². The normalized spacial score (nSPS) is 9.93. The molecular formula is C13H18N2. The first kappa shape index (κ1) is 11.6. The lowest BCUT2D eigenvalue weighted by Gasteiger charge is -2.07. The van der Waals surface area contributed by atoms with Crippen LogP contribution in [0.5, 0.6) is 0 Å². The van der Waals surface area contributed by atoms with Crippen molar-refractivity contribution in [2.75, 3.05) is 0 Å². The van der Waals surface area contributed by atoms with E-state index in [4.69, 9.17) is 0 Å². The molecule has 0 saturated carbocycles. The minimum atomic E-state index is 0.535. The zero-order valence-electron chi connectivity index (χ0n) is 9.86. The smallest absolute Gasteiger partial charge is 0.0887 e. The molecule has 0 aliphatic rings. The van der Waals surface area contributed by atoms with Crippen molar-refractivity contribution in [3.05, 3.63) is 36.3 Å². The summed E-state index contributed by atoms with van der Waals surface area (Å²) < 4.78 is 0. The Balaban J connectivity index is 0.000000531. The van der Waals surface area contributed by atoms with Crippen LogP contribution in [0.2, 0.25) is 0 Å². The van der Waals surface area contributed by atoms with E-state index < -0.39 is 0 Å². The maximum Gasteiger partial charge on any atom is 0.0887 e. The van der Waals surface area contributed by atoms with E-state index in [1.54, 1.807) is 6.20 Å². The zero-order valence-corrected chi connectivity index (χ0v) is 9.86. The lowest BCUT2D eigenvalue weighted by atomic mass is 10.0. The minimum absolute atomic E-state index is 0.535. The Bertz CT molecular complexity index is 416. The van der Waals surface area contributed by atoms with Gasteiger partial charge in [-0.25, -0.2) is 0 Å². The molecule has 2 rings (SSSR count). The maximum absolute atomic E-state index is 4.26. The molecule has 0 N–H and O–H groups in total. The van der Waals surface area contributed by atoms with Crippen LogP contribution in [-0.2, 0) is 0 Å². The summed E-state index contributed by atoms with van der Waals surface area (Å²) in [5.74, 6) is 0.535. The highest BCUT2D eigenvalue weighted by molar-refractivity contribution is 5.81. The molecule has 0 aromatic carbocycles. The van der Waals surface area contributed by atoms with Crippen molar-refractivity contribution in [1.82, 2.24) is 9.97 Å². The molecule has 2 heteroatoms. The van der Waals surface area contributed by atoms with E-state index in [0.717, 1.165) is 5.52 Å². The third kappa shape index (κ3) is 2.52. The van der Waals surface area contributed by atoms with Crippen molar-refractivity contribution in [1.29, 1.82) is 0 Å². The Hall–Kier alpha value is -1.44. The third-order valence-corrected chi connectivity index (χ3v) is 2.20. The molecule has 0 aliphatic heterocycles. The fourth-order valence-electron chi connectivity index (χ4n) is 1.52. The fraction of sp³-hybridized carbons (Fsp3) is 0.385. The van der Waals surface area contributed by atoms with Gasteiger partial charge >= 0.3 is 0 Å². The molecule has 0 fully saturated rings. The minimum Gasteiger partial charge on any atom is -0.262 e. The molecule has 0 radical (unpaired) electrons. The van der Waals surface area contributed by atoms with E-state index in [9.17, 15) is 0 Å². The highest BCUT2D eigenvalue weighted by Gasteiger charge is 2.04. The van der Waals surface area contributed by atoms with Gasteiger partial charge in [-0.2, -0.15) is 0 Å². The molecular weight excluding hydrogens is 184 g/mol. The first-order valence-corrected chi connectivity index (χ1v) is 5.47. The van der Waals surface area contributed by atoms with Crippen LogP contribution in [0.25, 0.3) is 10.9 Å². The standard InChI is InChI=1S/C11H12N2.C2H6/c1-8(2)9-4-6-13-11-7-12-5-3-10(9)11;1-2/h3-8H,1-2H3;1-2H3. The molecule has 0 aliphatic carbocycles. The fourth-order valence-corrected chi connectivity index (χ4v) is 1.52. The molecule has 2 aromatic rings. The summed E-state index contributed by atoms with van der Waals surface area (Å²) in [6, 6.07) is 4.10. The van der Waals surface area contributed by atoms with Gasteiger partial charge in [-0.3, -0.25) is 9.97 Å². The van der Waals surface area contributed by atoms with Crippen LogP contribution in [0.15, 0.2) is 30.7 Å². The molecule has 2 heterocycles. The summed E-state index contributed by atoms with van der Waals surface area (Å²) in [5.41, 5.74) is 2.32. The SMILES string of the molecule is CC.CC(C)c1ccnc2cnccc12. The van der Waals surface area contributed by atoms with E-state index in [0.29, 0.717) is 5.92 Å². The molecule has 0 bridgehead atoms. The summed E-state index contributed by atoms with van der Waals surface area (Å²) in [4.78, 5) is 8.31. The van der Waals surface area contributed by atoms with Crippen molar-refractivity contribution in [2.45, 2.75) is 33.6 Å². The van der Waals surface area contributed by atoms with Gasteiger partial charge in [0, 0.05) is 17.8 Å². The van der Waals surface area contributed by atoms with Crippen molar-refractivity contribution < 1.29 is 0 Å². The summed E-state index contributed by atoms with van der Waals surface area (Å²) in [6.07, 6.45) is 5.47. The number of pyridine rings is 2.